The second-order valence-corrected chi connectivity index (χ2v) is 4.28. The second kappa shape index (κ2) is 11.0. The Balaban J connectivity index is 3.77. The van der Waals surface area contributed by atoms with Gasteiger partial charge in [-0.15, -0.1) is 0 Å². The Kier molecular flexibility index (Phi) is 10.3. The molecule has 6 heteroatoms. The Morgan fingerprint density at radius 2 is 1.33 bits per heavy atom. The van der Waals surface area contributed by atoms with Crippen LogP contribution in [0.25, 0.3) is 0 Å². The van der Waals surface area contributed by atoms with E-state index in [2.05, 4.69) is 16.7 Å². The highest BCUT2D eigenvalue weighted by Gasteiger charge is 2.30. The SMILES string of the molecule is CCCCCCCCCC(C(=O)OO)C(=O)OO. The van der Waals surface area contributed by atoms with E-state index in [1.807, 2.05) is 0 Å². The van der Waals surface area contributed by atoms with Gasteiger partial charge in [0.25, 0.3) is 0 Å². The third-order valence-electron chi connectivity index (χ3n) is 2.85. The molecule has 0 unspecified atom stereocenters. The van der Waals surface area contributed by atoms with Gasteiger partial charge >= 0.3 is 11.9 Å². The molecule has 18 heavy (non-hydrogen) atoms. The van der Waals surface area contributed by atoms with E-state index >= 15 is 0 Å². The monoisotopic (exact) mass is 262 g/mol. The molecule has 0 aromatic rings. The number of carbonyl (C=O) groups excluding carboxylic acids is 2. The largest absolute Gasteiger partial charge is 0.356 e. The van der Waals surface area contributed by atoms with Crippen molar-refractivity contribution in [1.82, 2.24) is 0 Å². The second-order valence-electron chi connectivity index (χ2n) is 4.28. The molecule has 0 radical (unpaired) electrons. The highest BCUT2D eigenvalue weighted by molar-refractivity contribution is 5.94. The van der Waals surface area contributed by atoms with Gasteiger partial charge in [0.1, 0.15) is 0 Å². The molecule has 0 aliphatic carbocycles. The van der Waals surface area contributed by atoms with Gasteiger partial charge in [-0.05, 0) is 6.42 Å². The first-order valence-electron chi connectivity index (χ1n) is 6.37. The summed E-state index contributed by atoms with van der Waals surface area (Å²) in [7, 11) is 0. The maximum absolute atomic E-state index is 11.0. The van der Waals surface area contributed by atoms with Crippen LogP contribution in [0.15, 0.2) is 0 Å². The summed E-state index contributed by atoms with van der Waals surface area (Å²) in [5.74, 6) is -3.45. The van der Waals surface area contributed by atoms with Gasteiger partial charge < -0.3 is 9.78 Å². The Bertz CT molecular complexity index is 225. The molecule has 2 N–H and O–H groups in total. The van der Waals surface area contributed by atoms with E-state index in [1.165, 1.54) is 19.3 Å². The van der Waals surface area contributed by atoms with Crippen molar-refractivity contribution in [3.05, 3.63) is 0 Å². The van der Waals surface area contributed by atoms with E-state index in [0.717, 1.165) is 19.3 Å². The average Bonchev–Trinajstić information content (AvgIpc) is 2.40. The molecule has 0 aliphatic rings. The maximum atomic E-state index is 11.0. The zero-order valence-corrected chi connectivity index (χ0v) is 10.8. The summed E-state index contributed by atoms with van der Waals surface area (Å²) >= 11 is 0. The predicted molar refractivity (Wildman–Crippen MR) is 63.5 cm³/mol. The highest BCUT2D eigenvalue weighted by atomic mass is 17.1. The fraction of sp³-hybridized carbons (Fsp3) is 0.833. The van der Waals surface area contributed by atoms with Gasteiger partial charge in [0.2, 0.25) is 0 Å². The van der Waals surface area contributed by atoms with E-state index in [0.29, 0.717) is 6.42 Å². The van der Waals surface area contributed by atoms with Crippen molar-refractivity contribution in [3.8, 4) is 0 Å². The molecule has 0 aliphatic heterocycles. The summed E-state index contributed by atoms with van der Waals surface area (Å²) in [6.07, 6.45) is 7.49. The molecule has 0 rings (SSSR count). The van der Waals surface area contributed by atoms with Crippen molar-refractivity contribution >= 4 is 11.9 Å². The third kappa shape index (κ3) is 7.24. The Morgan fingerprint density at radius 3 is 1.78 bits per heavy atom. The first-order valence-corrected chi connectivity index (χ1v) is 6.37. The number of hydrogen-bond acceptors (Lipinski definition) is 6. The van der Waals surface area contributed by atoms with Crippen LogP contribution in [-0.4, -0.2) is 22.5 Å². The normalized spacial score (nSPS) is 10.4. The van der Waals surface area contributed by atoms with Gasteiger partial charge in [-0.25, -0.2) is 9.59 Å². The third-order valence-corrected chi connectivity index (χ3v) is 2.85. The van der Waals surface area contributed by atoms with Crippen molar-refractivity contribution in [1.29, 1.82) is 0 Å². The molecule has 0 saturated heterocycles. The first kappa shape index (κ1) is 16.9. The molecule has 0 aromatic heterocycles. The van der Waals surface area contributed by atoms with E-state index < -0.39 is 17.9 Å². The zero-order valence-electron chi connectivity index (χ0n) is 10.8. The van der Waals surface area contributed by atoms with Crippen LogP contribution < -0.4 is 0 Å². The van der Waals surface area contributed by atoms with Crippen LogP contribution in [0.1, 0.15) is 58.3 Å². The fourth-order valence-corrected chi connectivity index (χ4v) is 1.76. The Morgan fingerprint density at radius 1 is 0.889 bits per heavy atom. The molecule has 106 valence electrons. The molecule has 0 bridgehead atoms. The average molecular weight is 262 g/mol. The van der Waals surface area contributed by atoms with Crippen LogP contribution in [0.5, 0.6) is 0 Å². The van der Waals surface area contributed by atoms with E-state index in [9.17, 15) is 9.59 Å². The van der Waals surface area contributed by atoms with Crippen LogP contribution in [0.4, 0.5) is 0 Å². The minimum atomic E-state index is -1.25. The topological polar surface area (TPSA) is 93.1 Å². The summed E-state index contributed by atoms with van der Waals surface area (Å²) in [5, 5.41) is 16.4. The molecule has 0 heterocycles. The minimum absolute atomic E-state index is 0.201. The van der Waals surface area contributed by atoms with Gasteiger partial charge in [0.05, 0.1) is 0 Å². The van der Waals surface area contributed by atoms with Crippen molar-refractivity contribution in [3.63, 3.8) is 0 Å². The van der Waals surface area contributed by atoms with Gasteiger partial charge in [0.15, 0.2) is 5.92 Å². The number of unbranched alkanes of at least 4 members (excludes halogenated alkanes) is 6. The molecule has 0 fully saturated rings. The van der Waals surface area contributed by atoms with E-state index in [1.54, 1.807) is 0 Å². The van der Waals surface area contributed by atoms with Crippen LogP contribution >= 0.6 is 0 Å². The number of hydrogen-bond donors (Lipinski definition) is 2. The summed E-state index contributed by atoms with van der Waals surface area (Å²) in [4.78, 5) is 29.1. The van der Waals surface area contributed by atoms with Gasteiger partial charge in [-0.1, -0.05) is 51.9 Å². The van der Waals surface area contributed by atoms with Crippen LogP contribution in [0.2, 0.25) is 0 Å². The smallest absolute Gasteiger partial charge is 0.300 e. The van der Waals surface area contributed by atoms with E-state index in [4.69, 9.17) is 10.5 Å². The Labute approximate surface area is 107 Å². The summed E-state index contributed by atoms with van der Waals surface area (Å²) in [6, 6.07) is 0. The molecular formula is C12H22O6. The summed E-state index contributed by atoms with van der Waals surface area (Å²) < 4.78 is 0. The van der Waals surface area contributed by atoms with Crippen LogP contribution in [0, 0.1) is 5.92 Å². The van der Waals surface area contributed by atoms with Crippen LogP contribution in [-0.2, 0) is 19.4 Å². The zero-order chi connectivity index (χ0) is 13.8. The van der Waals surface area contributed by atoms with Gasteiger partial charge in [-0.2, -0.15) is 10.5 Å². The number of carbonyl (C=O) groups is 2. The Hall–Kier alpha value is -1.14. The molecule has 0 saturated carbocycles. The quantitative estimate of drug-likeness (QED) is 0.272. The van der Waals surface area contributed by atoms with Crippen LogP contribution in [0.3, 0.4) is 0 Å². The van der Waals surface area contributed by atoms with E-state index in [-0.39, 0.29) is 6.42 Å². The molecular weight excluding hydrogens is 240 g/mol. The molecule has 0 atom stereocenters. The van der Waals surface area contributed by atoms with Crippen molar-refractivity contribution in [2.75, 3.05) is 0 Å². The lowest BCUT2D eigenvalue weighted by atomic mass is 10.0. The maximum Gasteiger partial charge on any atom is 0.356 e. The lowest BCUT2D eigenvalue weighted by Crippen LogP contribution is -2.26. The highest BCUT2D eigenvalue weighted by Crippen LogP contribution is 2.15. The summed E-state index contributed by atoms with van der Waals surface area (Å²) in [6.45, 7) is 2.14. The lowest BCUT2D eigenvalue weighted by Gasteiger charge is -2.09. The molecule has 6 nitrogen and oxygen atoms in total. The first-order chi connectivity index (χ1) is 8.67. The summed E-state index contributed by atoms with van der Waals surface area (Å²) in [5.41, 5.74) is 0. The molecule has 0 spiro atoms. The van der Waals surface area contributed by atoms with Gasteiger partial charge in [0, 0.05) is 0 Å². The number of rotatable bonds is 10. The minimum Gasteiger partial charge on any atom is -0.300 e. The molecule has 0 amide bonds. The van der Waals surface area contributed by atoms with Gasteiger partial charge in [-0.3, -0.25) is 0 Å². The molecule has 0 aromatic carbocycles. The lowest BCUT2D eigenvalue weighted by molar-refractivity contribution is -0.255. The van der Waals surface area contributed by atoms with Crippen molar-refractivity contribution in [2.45, 2.75) is 58.3 Å². The predicted octanol–water partition coefficient (Wildman–Crippen LogP) is 2.78. The van der Waals surface area contributed by atoms with Crippen molar-refractivity contribution < 1.29 is 29.9 Å². The van der Waals surface area contributed by atoms with Crippen molar-refractivity contribution in [2.24, 2.45) is 5.92 Å². The fourth-order valence-electron chi connectivity index (χ4n) is 1.76. The standard InChI is InChI=1S/C12H22O6/c1-2-3-4-5-6-7-8-9-10(11(13)17-15)12(14)18-16/h10,15-16H,2-9H2,1H3.